The minimum Gasteiger partial charge on any atom is -0.384 e. The standard InChI is InChI=1S/C15H23BrO/c1-7(2)12-10-6-9(4)15(17)11(16)5-8(3)14(15)13(10)12/h7,9-13,17H,5-6H2,1-4H3. The molecular weight excluding hydrogens is 276 g/mol. The number of fused-ring (bicyclic) bond motifs is 3. The van der Waals surface area contributed by atoms with Gasteiger partial charge in [-0.2, -0.15) is 0 Å². The van der Waals surface area contributed by atoms with Crippen LogP contribution in [-0.4, -0.2) is 15.5 Å². The molecule has 17 heavy (non-hydrogen) atoms. The number of aliphatic hydroxyl groups is 1. The molecule has 1 N–H and O–H groups in total. The Kier molecular flexibility index (Phi) is 2.59. The number of alkyl halides is 1. The van der Waals surface area contributed by atoms with Crippen molar-refractivity contribution in [3.8, 4) is 0 Å². The highest BCUT2D eigenvalue weighted by molar-refractivity contribution is 9.09. The van der Waals surface area contributed by atoms with Gasteiger partial charge in [-0.25, -0.2) is 0 Å². The molecule has 0 radical (unpaired) electrons. The van der Waals surface area contributed by atoms with E-state index in [0.717, 1.165) is 24.2 Å². The van der Waals surface area contributed by atoms with E-state index in [-0.39, 0.29) is 4.83 Å². The smallest absolute Gasteiger partial charge is 0.101 e. The second-order valence-electron chi connectivity index (χ2n) is 6.84. The highest BCUT2D eigenvalue weighted by Gasteiger charge is 2.66. The molecule has 0 saturated heterocycles. The van der Waals surface area contributed by atoms with Gasteiger partial charge in [0, 0.05) is 0 Å². The van der Waals surface area contributed by atoms with Gasteiger partial charge in [-0.15, -0.1) is 0 Å². The molecule has 96 valence electrons. The van der Waals surface area contributed by atoms with Crippen LogP contribution in [0, 0.1) is 29.6 Å². The minimum atomic E-state index is -0.547. The Bertz CT molecular complexity index is 386. The molecule has 6 atom stereocenters. The van der Waals surface area contributed by atoms with Crippen LogP contribution in [0.15, 0.2) is 11.1 Å². The predicted octanol–water partition coefficient (Wildman–Crippen LogP) is 3.76. The maximum Gasteiger partial charge on any atom is 0.101 e. The van der Waals surface area contributed by atoms with Crippen molar-refractivity contribution in [3.05, 3.63) is 11.1 Å². The van der Waals surface area contributed by atoms with Gasteiger partial charge in [-0.05, 0) is 54.9 Å². The second-order valence-corrected chi connectivity index (χ2v) is 7.94. The van der Waals surface area contributed by atoms with Crippen molar-refractivity contribution in [2.24, 2.45) is 29.6 Å². The molecule has 0 aromatic rings. The van der Waals surface area contributed by atoms with Crippen molar-refractivity contribution in [2.45, 2.75) is 51.0 Å². The van der Waals surface area contributed by atoms with Crippen molar-refractivity contribution < 1.29 is 5.11 Å². The summed E-state index contributed by atoms with van der Waals surface area (Å²) in [4.78, 5) is 0.245. The van der Waals surface area contributed by atoms with Crippen molar-refractivity contribution in [2.75, 3.05) is 0 Å². The van der Waals surface area contributed by atoms with Gasteiger partial charge < -0.3 is 5.11 Å². The van der Waals surface area contributed by atoms with Crippen LogP contribution < -0.4 is 0 Å². The van der Waals surface area contributed by atoms with E-state index in [2.05, 4.69) is 43.6 Å². The Balaban J connectivity index is 2.01. The summed E-state index contributed by atoms with van der Waals surface area (Å²) >= 11 is 3.73. The lowest BCUT2D eigenvalue weighted by atomic mass is 9.73. The van der Waals surface area contributed by atoms with Gasteiger partial charge in [-0.1, -0.05) is 42.3 Å². The zero-order valence-corrected chi connectivity index (χ0v) is 12.8. The zero-order chi connectivity index (χ0) is 12.5. The lowest BCUT2D eigenvalue weighted by molar-refractivity contribution is 0.0102. The molecule has 0 aromatic heterocycles. The Hall–Kier alpha value is 0.180. The summed E-state index contributed by atoms with van der Waals surface area (Å²) < 4.78 is 0. The molecule has 3 rings (SSSR count). The molecule has 2 fully saturated rings. The summed E-state index contributed by atoms with van der Waals surface area (Å²) in [6, 6.07) is 0. The molecule has 0 aliphatic heterocycles. The minimum absolute atomic E-state index is 0.245. The molecule has 2 heteroatoms. The summed E-state index contributed by atoms with van der Waals surface area (Å²) in [5.41, 5.74) is 2.33. The van der Waals surface area contributed by atoms with E-state index in [1.165, 1.54) is 17.6 Å². The van der Waals surface area contributed by atoms with Crippen LogP contribution in [0.2, 0.25) is 0 Å². The number of rotatable bonds is 1. The maximum absolute atomic E-state index is 11.1. The van der Waals surface area contributed by atoms with Gasteiger partial charge in [0.2, 0.25) is 0 Å². The van der Waals surface area contributed by atoms with E-state index >= 15 is 0 Å². The van der Waals surface area contributed by atoms with Crippen LogP contribution in [0.25, 0.3) is 0 Å². The lowest BCUT2D eigenvalue weighted by Crippen LogP contribution is -2.46. The molecular formula is C15H23BrO. The molecule has 0 amide bonds. The number of halogens is 1. The monoisotopic (exact) mass is 298 g/mol. The Morgan fingerprint density at radius 1 is 1.41 bits per heavy atom. The van der Waals surface area contributed by atoms with Gasteiger partial charge in [0.25, 0.3) is 0 Å². The normalized spacial score (nSPS) is 52.8. The van der Waals surface area contributed by atoms with Gasteiger partial charge in [0.05, 0.1) is 4.83 Å². The largest absolute Gasteiger partial charge is 0.384 e. The van der Waals surface area contributed by atoms with E-state index in [4.69, 9.17) is 0 Å². The summed E-state index contributed by atoms with van der Waals surface area (Å²) in [6.45, 7) is 9.14. The summed E-state index contributed by atoms with van der Waals surface area (Å²) in [7, 11) is 0. The zero-order valence-electron chi connectivity index (χ0n) is 11.2. The first-order chi connectivity index (χ1) is 7.89. The third kappa shape index (κ3) is 1.40. The molecule has 0 heterocycles. The van der Waals surface area contributed by atoms with E-state index in [1.54, 1.807) is 0 Å². The molecule has 2 saturated carbocycles. The first-order valence-electron chi connectivity index (χ1n) is 6.95. The van der Waals surface area contributed by atoms with Gasteiger partial charge in [0.15, 0.2) is 0 Å². The molecule has 6 unspecified atom stereocenters. The second kappa shape index (κ2) is 3.60. The van der Waals surface area contributed by atoms with E-state index in [9.17, 15) is 5.11 Å². The van der Waals surface area contributed by atoms with Crippen LogP contribution in [0.5, 0.6) is 0 Å². The van der Waals surface area contributed by atoms with Crippen molar-refractivity contribution in [3.63, 3.8) is 0 Å². The number of allylic oxidation sites excluding steroid dienone is 1. The van der Waals surface area contributed by atoms with E-state index in [1.807, 2.05) is 0 Å². The molecule has 0 aromatic carbocycles. The summed E-state index contributed by atoms with van der Waals surface area (Å²) in [6.07, 6.45) is 2.24. The first kappa shape index (κ1) is 12.2. The van der Waals surface area contributed by atoms with E-state index in [0.29, 0.717) is 11.8 Å². The summed E-state index contributed by atoms with van der Waals surface area (Å²) in [5, 5.41) is 11.1. The van der Waals surface area contributed by atoms with E-state index < -0.39 is 5.60 Å². The Labute approximate surface area is 113 Å². The lowest BCUT2D eigenvalue weighted by Gasteiger charge is -2.40. The molecule has 3 aliphatic rings. The molecule has 0 bridgehead atoms. The number of hydrogen-bond acceptors (Lipinski definition) is 1. The fraction of sp³-hybridized carbons (Fsp3) is 0.867. The van der Waals surface area contributed by atoms with Crippen LogP contribution in [0.1, 0.15) is 40.5 Å². The van der Waals surface area contributed by atoms with Crippen LogP contribution in [0.4, 0.5) is 0 Å². The fourth-order valence-electron chi connectivity index (χ4n) is 4.78. The first-order valence-corrected chi connectivity index (χ1v) is 7.87. The molecule has 3 aliphatic carbocycles. The highest BCUT2D eigenvalue weighted by Crippen LogP contribution is 2.68. The van der Waals surface area contributed by atoms with Crippen molar-refractivity contribution in [1.82, 2.24) is 0 Å². The van der Waals surface area contributed by atoms with Gasteiger partial charge in [0.1, 0.15) is 5.60 Å². The quantitative estimate of drug-likeness (QED) is 0.577. The van der Waals surface area contributed by atoms with Crippen LogP contribution >= 0.6 is 15.9 Å². The Morgan fingerprint density at radius 2 is 2.06 bits per heavy atom. The van der Waals surface area contributed by atoms with Crippen LogP contribution in [-0.2, 0) is 0 Å². The third-order valence-electron chi connectivity index (χ3n) is 5.56. The third-order valence-corrected chi connectivity index (χ3v) is 6.59. The average molecular weight is 299 g/mol. The SMILES string of the molecule is CC1=C2C3C(CC(C)C2(O)C(Br)C1)C3C(C)C. The summed E-state index contributed by atoms with van der Waals surface area (Å²) in [5.74, 6) is 3.54. The number of hydrogen-bond donors (Lipinski definition) is 1. The highest BCUT2D eigenvalue weighted by atomic mass is 79.9. The fourth-order valence-corrected chi connectivity index (χ4v) is 5.96. The Morgan fingerprint density at radius 3 is 2.65 bits per heavy atom. The van der Waals surface area contributed by atoms with Gasteiger partial charge in [-0.3, -0.25) is 0 Å². The maximum atomic E-state index is 11.1. The predicted molar refractivity (Wildman–Crippen MR) is 74.1 cm³/mol. The van der Waals surface area contributed by atoms with Crippen LogP contribution in [0.3, 0.4) is 0 Å². The molecule has 1 nitrogen and oxygen atoms in total. The molecule has 0 spiro atoms. The van der Waals surface area contributed by atoms with Crippen molar-refractivity contribution >= 4 is 15.9 Å². The average Bonchev–Trinajstić information content (AvgIpc) is 2.85. The van der Waals surface area contributed by atoms with Crippen molar-refractivity contribution in [1.29, 1.82) is 0 Å². The topological polar surface area (TPSA) is 20.2 Å². The van der Waals surface area contributed by atoms with Gasteiger partial charge >= 0.3 is 0 Å².